The molecule has 1 aliphatic carbocycles. The van der Waals surface area contributed by atoms with Crippen LogP contribution < -0.4 is 0 Å². The van der Waals surface area contributed by atoms with Gasteiger partial charge in [-0.3, -0.25) is 4.90 Å². The molecule has 172 valence electrons. The minimum Gasteiger partial charge on any atom is -0.453 e. The van der Waals surface area contributed by atoms with Crippen LogP contribution in [0.5, 0.6) is 0 Å². The molecule has 1 heterocycles. The first-order chi connectivity index (χ1) is 14.3. The van der Waals surface area contributed by atoms with Crippen LogP contribution in [0.2, 0.25) is 0 Å². The van der Waals surface area contributed by atoms with E-state index < -0.39 is 40.9 Å². The Morgan fingerprint density at radius 1 is 1.23 bits per heavy atom. The number of carbonyl (C=O) groups excluding carboxylic acids is 2. The Labute approximate surface area is 178 Å². The van der Waals surface area contributed by atoms with Crippen LogP contribution in [0.4, 0.5) is 27.2 Å². The summed E-state index contributed by atoms with van der Waals surface area (Å²) in [5.41, 5.74) is -2.90. The SMILES string of the molecule is COC(=O)N(C[C@@H]1CCN1C(=O)OC(C)(C)C)C1(c2ccc(F)c(C(F)(F)F)c2)CC1. The topological polar surface area (TPSA) is 59.1 Å². The van der Waals surface area contributed by atoms with E-state index >= 15 is 0 Å². The molecule has 0 unspecified atom stereocenters. The van der Waals surface area contributed by atoms with Crippen molar-refractivity contribution in [1.29, 1.82) is 0 Å². The molecule has 1 saturated carbocycles. The summed E-state index contributed by atoms with van der Waals surface area (Å²) in [5.74, 6) is -1.37. The summed E-state index contributed by atoms with van der Waals surface area (Å²) >= 11 is 0. The predicted octanol–water partition coefficient (Wildman–Crippen LogP) is 4.91. The van der Waals surface area contributed by atoms with Crippen molar-refractivity contribution in [2.75, 3.05) is 20.2 Å². The highest BCUT2D eigenvalue weighted by Gasteiger charge is 2.54. The summed E-state index contributed by atoms with van der Waals surface area (Å²) in [6.07, 6.45) is -4.66. The molecular formula is C21H26F4N2O4. The summed E-state index contributed by atoms with van der Waals surface area (Å²) in [7, 11) is 1.18. The van der Waals surface area contributed by atoms with E-state index in [1.165, 1.54) is 23.0 Å². The van der Waals surface area contributed by atoms with Crippen LogP contribution in [-0.2, 0) is 21.2 Å². The minimum absolute atomic E-state index is 0.0741. The largest absolute Gasteiger partial charge is 0.453 e. The van der Waals surface area contributed by atoms with Crippen LogP contribution in [0.1, 0.15) is 51.2 Å². The average Bonchev–Trinajstić information content (AvgIpc) is 3.40. The number of methoxy groups -OCH3 is 1. The van der Waals surface area contributed by atoms with Crippen molar-refractivity contribution in [2.24, 2.45) is 0 Å². The molecule has 0 spiro atoms. The van der Waals surface area contributed by atoms with Gasteiger partial charge in [0.25, 0.3) is 0 Å². The maximum Gasteiger partial charge on any atom is 0.419 e. The molecule has 1 aromatic carbocycles. The fourth-order valence-electron chi connectivity index (χ4n) is 3.80. The monoisotopic (exact) mass is 446 g/mol. The van der Waals surface area contributed by atoms with Crippen LogP contribution in [0.15, 0.2) is 18.2 Å². The molecule has 0 N–H and O–H groups in total. The van der Waals surface area contributed by atoms with Crippen molar-refractivity contribution < 1.29 is 36.6 Å². The Hall–Kier alpha value is -2.52. The molecule has 31 heavy (non-hydrogen) atoms. The Kier molecular flexibility index (Phi) is 5.88. The molecule has 1 atom stereocenters. The van der Waals surface area contributed by atoms with Crippen molar-refractivity contribution in [1.82, 2.24) is 9.80 Å². The Bertz CT molecular complexity index is 862. The van der Waals surface area contributed by atoms with Gasteiger partial charge in [-0.25, -0.2) is 14.0 Å². The van der Waals surface area contributed by atoms with Crippen molar-refractivity contribution in [3.05, 3.63) is 35.1 Å². The molecule has 0 aromatic heterocycles. The zero-order chi connectivity index (χ0) is 23.2. The van der Waals surface area contributed by atoms with Crippen molar-refractivity contribution in [2.45, 2.75) is 63.4 Å². The number of benzene rings is 1. The first-order valence-electron chi connectivity index (χ1n) is 10.0. The molecule has 2 fully saturated rings. The van der Waals surface area contributed by atoms with Crippen LogP contribution in [0.25, 0.3) is 0 Å². The Morgan fingerprint density at radius 2 is 1.87 bits per heavy atom. The highest BCUT2D eigenvalue weighted by atomic mass is 19.4. The third-order valence-electron chi connectivity index (χ3n) is 5.61. The van der Waals surface area contributed by atoms with Crippen molar-refractivity contribution >= 4 is 12.2 Å². The molecule has 3 rings (SSSR count). The summed E-state index contributed by atoms with van der Waals surface area (Å²) in [6, 6.07) is 2.43. The molecule has 10 heteroatoms. The normalized spacial score (nSPS) is 20.0. The predicted molar refractivity (Wildman–Crippen MR) is 103 cm³/mol. The van der Waals surface area contributed by atoms with Crippen molar-refractivity contribution in [3.8, 4) is 0 Å². The number of carbonyl (C=O) groups is 2. The lowest BCUT2D eigenvalue weighted by atomic mass is 9.97. The summed E-state index contributed by atoms with van der Waals surface area (Å²) in [6.45, 7) is 5.76. The zero-order valence-electron chi connectivity index (χ0n) is 17.9. The van der Waals surface area contributed by atoms with E-state index in [4.69, 9.17) is 9.47 Å². The molecule has 2 amide bonds. The second kappa shape index (κ2) is 7.87. The second-order valence-electron chi connectivity index (χ2n) is 8.92. The molecule has 1 saturated heterocycles. The van der Waals surface area contributed by atoms with Gasteiger partial charge in [0.15, 0.2) is 0 Å². The number of likely N-dealkylation sites (tertiary alicyclic amines) is 1. The number of hydrogen-bond acceptors (Lipinski definition) is 4. The van der Waals surface area contributed by atoms with Gasteiger partial charge in [0.2, 0.25) is 0 Å². The molecule has 6 nitrogen and oxygen atoms in total. The lowest BCUT2D eigenvalue weighted by molar-refractivity contribution is -0.140. The summed E-state index contributed by atoms with van der Waals surface area (Å²) in [5, 5.41) is 0. The lowest BCUT2D eigenvalue weighted by Gasteiger charge is -2.45. The van der Waals surface area contributed by atoms with Gasteiger partial charge in [0.05, 0.1) is 24.3 Å². The number of amides is 2. The first-order valence-corrected chi connectivity index (χ1v) is 10.0. The van der Waals surface area contributed by atoms with Crippen LogP contribution >= 0.6 is 0 Å². The maximum absolute atomic E-state index is 13.8. The molecule has 0 radical (unpaired) electrons. The number of rotatable bonds is 4. The number of nitrogens with zero attached hydrogens (tertiary/aromatic N) is 2. The van der Waals surface area contributed by atoms with E-state index in [2.05, 4.69) is 0 Å². The minimum atomic E-state index is -4.85. The van der Waals surface area contributed by atoms with Gasteiger partial charge in [-0.1, -0.05) is 6.07 Å². The number of ether oxygens (including phenoxy) is 2. The van der Waals surface area contributed by atoms with E-state index in [-0.39, 0.29) is 18.2 Å². The summed E-state index contributed by atoms with van der Waals surface area (Å²) in [4.78, 5) is 27.8. The highest BCUT2D eigenvalue weighted by molar-refractivity contribution is 5.71. The van der Waals surface area contributed by atoms with Gasteiger partial charge < -0.3 is 14.4 Å². The lowest BCUT2D eigenvalue weighted by Crippen LogP contribution is -2.59. The standard InChI is InChI=1S/C21H26F4N2O4/c1-19(2,3)31-17(28)26-10-7-14(26)12-27(18(29)30-4)20(8-9-20)13-5-6-16(22)15(11-13)21(23,24)25/h5-6,11,14H,7-10,12H2,1-4H3/t14-/m0/s1. The van der Waals surface area contributed by atoms with Crippen LogP contribution in [0.3, 0.4) is 0 Å². The van der Waals surface area contributed by atoms with Gasteiger partial charge in [0, 0.05) is 13.1 Å². The van der Waals surface area contributed by atoms with E-state index in [1.807, 2.05) is 0 Å². The van der Waals surface area contributed by atoms with Gasteiger partial charge in [-0.15, -0.1) is 0 Å². The fraction of sp³-hybridized carbons (Fsp3) is 0.619. The van der Waals surface area contributed by atoms with Crippen LogP contribution in [0, 0.1) is 5.82 Å². The van der Waals surface area contributed by atoms with Crippen molar-refractivity contribution in [3.63, 3.8) is 0 Å². The van der Waals surface area contributed by atoms with E-state index in [0.29, 0.717) is 25.8 Å². The number of hydrogen-bond donors (Lipinski definition) is 0. The van der Waals surface area contributed by atoms with Gasteiger partial charge in [0.1, 0.15) is 11.4 Å². The smallest absolute Gasteiger partial charge is 0.419 e. The molecule has 2 aliphatic rings. The first kappa shape index (κ1) is 23.1. The third-order valence-corrected chi connectivity index (χ3v) is 5.61. The van der Waals surface area contributed by atoms with Gasteiger partial charge >= 0.3 is 18.4 Å². The molecule has 1 aromatic rings. The van der Waals surface area contributed by atoms with Gasteiger partial charge in [-0.05, 0) is 57.7 Å². The second-order valence-corrected chi connectivity index (χ2v) is 8.92. The molecule has 1 aliphatic heterocycles. The third kappa shape index (κ3) is 4.72. The van der Waals surface area contributed by atoms with E-state index in [0.717, 1.165) is 12.1 Å². The number of halogens is 4. The van der Waals surface area contributed by atoms with E-state index in [9.17, 15) is 27.2 Å². The van der Waals surface area contributed by atoms with E-state index in [1.54, 1.807) is 20.8 Å². The van der Waals surface area contributed by atoms with Gasteiger partial charge in [-0.2, -0.15) is 13.2 Å². The number of alkyl halides is 3. The summed E-state index contributed by atoms with van der Waals surface area (Å²) < 4.78 is 63.7. The van der Waals surface area contributed by atoms with Crippen LogP contribution in [-0.4, -0.2) is 53.8 Å². The molecule has 0 bridgehead atoms. The fourth-order valence-corrected chi connectivity index (χ4v) is 3.80. The highest BCUT2D eigenvalue weighted by Crippen LogP contribution is 2.52. The molecular weight excluding hydrogens is 420 g/mol. The average molecular weight is 446 g/mol. The zero-order valence-corrected chi connectivity index (χ0v) is 17.9. The quantitative estimate of drug-likeness (QED) is 0.617. The maximum atomic E-state index is 13.8. The Balaban J connectivity index is 1.85. The Morgan fingerprint density at radius 3 is 2.32 bits per heavy atom.